The van der Waals surface area contributed by atoms with Crippen LogP contribution in [-0.4, -0.2) is 39.0 Å². The summed E-state index contributed by atoms with van der Waals surface area (Å²) in [6.07, 6.45) is 0. The first-order valence-corrected chi connectivity index (χ1v) is 6.39. The van der Waals surface area contributed by atoms with Crippen LogP contribution >= 0.6 is 0 Å². The van der Waals surface area contributed by atoms with E-state index in [0.29, 0.717) is 12.2 Å². The molecule has 91 valence electrons. The van der Waals surface area contributed by atoms with E-state index in [1.165, 1.54) is 0 Å². The molecule has 1 rings (SSSR count). The molecule has 1 amide bonds. The predicted molar refractivity (Wildman–Crippen MR) is 65.2 cm³/mol. The van der Waals surface area contributed by atoms with Crippen LogP contribution in [0.5, 0.6) is 0 Å². The number of amides is 1. The molecule has 0 aliphatic heterocycles. The lowest BCUT2D eigenvalue weighted by Crippen LogP contribution is -2.36. The predicted octanol–water partition coefficient (Wildman–Crippen LogP) is -0.251. The highest BCUT2D eigenvalue weighted by Gasteiger charge is 2.19. The van der Waals surface area contributed by atoms with Crippen LogP contribution in [-0.2, 0) is 9.87 Å². The zero-order valence-electron chi connectivity index (χ0n) is 8.96. The second-order valence-corrected chi connectivity index (χ2v) is 4.75. The van der Waals surface area contributed by atoms with Gasteiger partial charge in [0.25, 0.3) is 0 Å². The van der Waals surface area contributed by atoms with Crippen molar-refractivity contribution in [2.24, 2.45) is 0 Å². The average molecular weight is 255 g/mol. The van der Waals surface area contributed by atoms with Gasteiger partial charge in [-0.25, -0.2) is 13.1 Å². The molecule has 1 radical (unpaired) electrons. The number of aliphatic hydroxyl groups is 1. The number of benzene rings is 1. The van der Waals surface area contributed by atoms with Gasteiger partial charge in [0.2, 0.25) is 0 Å². The number of rotatable bonds is 6. The van der Waals surface area contributed by atoms with Crippen molar-refractivity contribution in [2.45, 2.75) is 0 Å². The van der Waals surface area contributed by atoms with E-state index in [1.807, 2.05) is 4.72 Å². The Balaban J connectivity index is 2.50. The quantitative estimate of drug-likeness (QED) is 0.611. The summed E-state index contributed by atoms with van der Waals surface area (Å²) < 4.78 is 24.5. The van der Waals surface area contributed by atoms with E-state index in [1.54, 1.807) is 30.3 Å². The molecule has 0 spiro atoms. The second-order valence-electron chi connectivity index (χ2n) is 3.14. The summed E-state index contributed by atoms with van der Waals surface area (Å²) in [5.41, 5.74) is 0.506. The lowest BCUT2D eigenvalue weighted by Gasteiger charge is -2.05. The lowest BCUT2D eigenvalue weighted by atomic mass is 10.1. The van der Waals surface area contributed by atoms with Gasteiger partial charge in [0.1, 0.15) is 0 Å². The molecule has 8 heteroatoms. The number of nitrogens with one attached hydrogen (secondary N) is 2. The molecule has 0 heterocycles. The van der Waals surface area contributed by atoms with E-state index in [4.69, 9.17) is 5.11 Å². The van der Waals surface area contributed by atoms with Crippen LogP contribution in [0.25, 0.3) is 0 Å². The molecule has 17 heavy (non-hydrogen) atoms. The first kappa shape index (κ1) is 13.7. The fraction of sp³-hybridized carbons (Fsp3) is 0.222. The van der Waals surface area contributed by atoms with Crippen molar-refractivity contribution in [2.75, 3.05) is 18.5 Å². The fourth-order valence-corrected chi connectivity index (χ4v) is 1.86. The van der Waals surface area contributed by atoms with Crippen LogP contribution in [0.1, 0.15) is 0 Å². The molecule has 0 aliphatic carbocycles. The van der Waals surface area contributed by atoms with Crippen molar-refractivity contribution >= 4 is 27.9 Å². The van der Waals surface area contributed by atoms with Crippen molar-refractivity contribution in [3.8, 4) is 0 Å². The minimum Gasteiger partial charge on any atom is -0.395 e. The highest BCUT2D eigenvalue weighted by Crippen LogP contribution is 2.04. The van der Waals surface area contributed by atoms with Crippen LogP contribution < -0.4 is 10.0 Å². The Morgan fingerprint density at radius 2 is 1.94 bits per heavy atom. The molecule has 0 saturated heterocycles. The van der Waals surface area contributed by atoms with Gasteiger partial charge < -0.3 is 10.4 Å². The fourth-order valence-electron chi connectivity index (χ4n) is 1.06. The van der Waals surface area contributed by atoms with Gasteiger partial charge in [0.05, 0.1) is 6.61 Å². The van der Waals surface area contributed by atoms with E-state index in [9.17, 15) is 13.2 Å². The van der Waals surface area contributed by atoms with Crippen molar-refractivity contribution in [3.63, 3.8) is 0 Å². The molecule has 0 aliphatic rings. The number of para-hydroxylation sites is 1. The monoisotopic (exact) mass is 255 g/mol. The van der Waals surface area contributed by atoms with Crippen molar-refractivity contribution in [1.29, 1.82) is 0 Å². The van der Waals surface area contributed by atoms with Crippen LogP contribution in [0.3, 0.4) is 0 Å². The zero-order valence-corrected chi connectivity index (χ0v) is 9.78. The van der Waals surface area contributed by atoms with Crippen LogP contribution in [0.15, 0.2) is 30.3 Å². The maximum atomic E-state index is 11.3. The normalized spacial score (nSPS) is 10.9. The van der Waals surface area contributed by atoms with Gasteiger partial charge in [-0.2, -0.15) is 0 Å². The average Bonchev–Trinajstić information content (AvgIpc) is 2.27. The summed E-state index contributed by atoms with van der Waals surface area (Å²) in [5, 5.41) is 10.9. The minimum absolute atomic E-state index is 0.128. The molecule has 0 atom stereocenters. The Hall–Kier alpha value is -1.38. The highest BCUT2D eigenvalue weighted by molar-refractivity contribution is 8.16. The van der Waals surface area contributed by atoms with E-state index < -0.39 is 15.7 Å². The van der Waals surface area contributed by atoms with E-state index in [-0.39, 0.29) is 13.2 Å². The number of carbonyl (C=O) groups excluding carboxylic acids is 1. The van der Waals surface area contributed by atoms with E-state index in [2.05, 4.69) is 5.32 Å². The smallest absolute Gasteiger partial charge is 0.395 e. The van der Waals surface area contributed by atoms with Gasteiger partial charge in [-0.1, -0.05) is 18.2 Å². The maximum absolute atomic E-state index is 11.3. The number of anilines is 1. The molecule has 6 nitrogen and oxygen atoms in total. The largest absolute Gasteiger partial charge is 0.415 e. The summed E-state index contributed by atoms with van der Waals surface area (Å²) in [6, 6.07) is 8.49. The molecular formula is C9H12BN2O4S. The summed E-state index contributed by atoms with van der Waals surface area (Å²) >= 11 is 0. The van der Waals surface area contributed by atoms with Gasteiger partial charge in [-0.3, -0.25) is 4.79 Å². The minimum atomic E-state index is -3.81. The molecule has 0 unspecified atom stereocenters. The topological polar surface area (TPSA) is 95.5 Å². The number of aliphatic hydroxyl groups excluding tert-OH is 1. The maximum Gasteiger partial charge on any atom is 0.415 e. The first-order valence-electron chi connectivity index (χ1n) is 4.85. The Bertz CT molecular complexity index is 463. The number of carbonyl (C=O) groups is 1. The molecular weight excluding hydrogens is 243 g/mol. The van der Waals surface area contributed by atoms with E-state index >= 15 is 0 Å². The van der Waals surface area contributed by atoms with Gasteiger partial charge in [0.15, 0.2) is 15.7 Å². The highest BCUT2D eigenvalue weighted by atomic mass is 32.2. The second kappa shape index (κ2) is 6.38. The Morgan fingerprint density at radius 3 is 2.53 bits per heavy atom. The SMILES string of the molecule is O=C([B]S(=O)(=O)NCCO)Nc1ccccc1. The third-order valence-electron chi connectivity index (χ3n) is 1.72. The summed E-state index contributed by atoms with van der Waals surface area (Å²) in [5.74, 6) is -0.748. The Morgan fingerprint density at radius 1 is 1.29 bits per heavy atom. The van der Waals surface area contributed by atoms with Crippen molar-refractivity contribution in [3.05, 3.63) is 30.3 Å². The van der Waals surface area contributed by atoms with Crippen LogP contribution in [0, 0.1) is 0 Å². The Labute approximate surface area is 100 Å². The molecule has 1 aromatic carbocycles. The third kappa shape index (κ3) is 5.48. The van der Waals surface area contributed by atoms with Crippen molar-refractivity contribution in [1.82, 2.24) is 4.72 Å². The van der Waals surface area contributed by atoms with Crippen molar-refractivity contribution < 1.29 is 18.3 Å². The molecule has 0 saturated carbocycles. The standard InChI is InChI=1S/C9H12BN2O4S/c13-7-6-11-17(15,16)10-9(14)12-8-4-2-1-3-5-8/h1-5,11,13H,6-7H2,(H,12,14). The van der Waals surface area contributed by atoms with Gasteiger partial charge in [-0.05, 0) is 12.1 Å². The number of hydrogen-bond donors (Lipinski definition) is 3. The summed E-state index contributed by atoms with van der Waals surface area (Å²) in [6.45, 7) is 0.0838. The third-order valence-corrected chi connectivity index (χ3v) is 2.85. The molecule has 1 aromatic rings. The summed E-state index contributed by atoms with van der Waals surface area (Å²) in [4.78, 5) is 11.3. The van der Waals surface area contributed by atoms with Gasteiger partial charge >= 0.3 is 6.56 Å². The first-order chi connectivity index (χ1) is 8.03. The molecule has 0 bridgehead atoms. The van der Waals surface area contributed by atoms with Crippen LogP contribution in [0.2, 0.25) is 0 Å². The van der Waals surface area contributed by atoms with Gasteiger partial charge in [-0.15, -0.1) is 0 Å². The molecule has 0 fully saturated rings. The van der Waals surface area contributed by atoms with E-state index in [0.717, 1.165) is 0 Å². The Kier molecular flexibility index (Phi) is 5.14. The molecule has 0 aromatic heterocycles. The van der Waals surface area contributed by atoms with Crippen LogP contribution in [0.4, 0.5) is 10.5 Å². The lowest BCUT2D eigenvalue weighted by molar-refractivity contribution is 0.268. The van der Waals surface area contributed by atoms with Gasteiger partial charge in [0, 0.05) is 12.2 Å². The molecule has 3 N–H and O–H groups in total. The zero-order chi connectivity index (χ0) is 12.7. The summed E-state index contributed by atoms with van der Waals surface area (Å²) in [7, 11) is -3.81. The number of hydrogen-bond acceptors (Lipinski definition) is 4.